The minimum Gasteiger partial charge on any atom is -0.497 e. The van der Waals surface area contributed by atoms with Crippen LogP contribution in [0, 0.1) is 6.92 Å². The molecule has 0 saturated carbocycles. The van der Waals surface area contributed by atoms with Gasteiger partial charge in [0.2, 0.25) is 0 Å². The summed E-state index contributed by atoms with van der Waals surface area (Å²) < 4.78 is 11.2. The topological polar surface area (TPSA) is 114 Å². The summed E-state index contributed by atoms with van der Waals surface area (Å²) in [5.41, 5.74) is 2.22. The number of halogens is 1. The summed E-state index contributed by atoms with van der Waals surface area (Å²) in [7, 11) is 1.50. The molecule has 9 nitrogen and oxygen atoms in total. The highest BCUT2D eigenvalue weighted by molar-refractivity contribution is 9.10. The fourth-order valence-corrected chi connectivity index (χ4v) is 4.07. The van der Waals surface area contributed by atoms with E-state index in [1.54, 1.807) is 48.5 Å². The zero-order chi connectivity index (χ0) is 26.5. The maximum Gasteiger partial charge on any atom is 0.335 e. The van der Waals surface area contributed by atoms with Crippen LogP contribution >= 0.6 is 15.9 Å². The van der Waals surface area contributed by atoms with Gasteiger partial charge in [0.15, 0.2) is 6.61 Å². The number of amides is 5. The molecule has 10 heteroatoms. The number of benzene rings is 3. The molecular formula is C27H22BrN3O6. The Hall–Kier alpha value is -4.44. The van der Waals surface area contributed by atoms with Gasteiger partial charge in [-0.2, -0.15) is 0 Å². The third-order valence-electron chi connectivity index (χ3n) is 5.48. The monoisotopic (exact) mass is 563 g/mol. The van der Waals surface area contributed by atoms with Gasteiger partial charge in [0.25, 0.3) is 17.7 Å². The Labute approximate surface area is 221 Å². The lowest BCUT2D eigenvalue weighted by Crippen LogP contribution is -2.54. The summed E-state index contributed by atoms with van der Waals surface area (Å²) in [6.07, 6.45) is 1.38. The van der Waals surface area contributed by atoms with Crippen molar-refractivity contribution < 1.29 is 28.7 Å². The number of rotatable bonds is 7. The number of barbiturate groups is 1. The number of imide groups is 2. The van der Waals surface area contributed by atoms with Crippen LogP contribution < -0.4 is 25.0 Å². The molecule has 0 spiro atoms. The van der Waals surface area contributed by atoms with Crippen LogP contribution in [0.25, 0.3) is 6.08 Å². The number of hydrogen-bond donors (Lipinski definition) is 2. The number of para-hydroxylation sites is 1. The standard InChI is InChI=1S/C27H22BrN3O6/c1-16-5-3-4-6-22(16)29-24(32)15-37-23-12-7-17(14-21(23)28)13-20-25(33)30-27(35)31(26(20)34)18-8-10-19(36-2)11-9-18/h3-14H,15H2,1-2H3,(H,29,32)(H,30,33,35)/b20-13+. The molecule has 1 aliphatic heterocycles. The molecule has 0 atom stereocenters. The van der Waals surface area contributed by atoms with Gasteiger partial charge >= 0.3 is 6.03 Å². The smallest absolute Gasteiger partial charge is 0.335 e. The molecule has 1 aliphatic rings. The molecule has 1 heterocycles. The number of nitrogens with zero attached hydrogens (tertiary/aromatic N) is 1. The molecule has 0 radical (unpaired) electrons. The van der Waals surface area contributed by atoms with Gasteiger partial charge in [-0.1, -0.05) is 24.3 Å². The zero-order valence-electron chi connectivity index (χ0n) is 19.9. The van der Waals surface area contributed by atoms with Crippen molar-refractivity contribution in [1.82, 2.24) is 5.32 Å². The summed E-state index contributed by atoms with van der Waals surface area (Å²) in [6, 6.07) is 17.7. The highest BCUT2D eigenvalue weighted by Crippen LogP contribution is 2.29. The Morgan fingerprint density at radius 2 is 1.78 bits per heavy atom. The molecular weight excluding hydrogens is 542 g/mol. The van der Waals surface area contributed by atoms with Crippen LogP contribution in [0.4, 0.5) is 16.2 Å². The second-order valence-electron chi connectivity index (χ2n) is 8.00. The molecule has 3 aromatic rings. The van der Waals surface area contributed by atoms with E-state index in [2.05, 4.69) is 26.6 Å². The van der Waals surface area contributed by atoms with Gasteiger partial charge in [-0.05, 0) is 82.5 Å². The van der Waals surface area contributed by atoms with Crippen LogP contribution in [0.5, 0.6) is 11.5 Å². The average Bonchev–Trinajstić information content (AvgIpc) is 2.87. The highest BCUT2D eigenvalue weighted by atomic mass is 79.9. The maximum atomic E-state index is 13.1. The van der Waals surface area contributed by atoms with Gasteiger partial charge in [0.1, 0.15) is 17.1 Å². The van der Waals surface area contributed by atoms with E-state index in [1.807, 2.05) is 25.1 Å². The number of anilines is 2. The van der Waals surface area contributed by atoms with E-state index in [4.69, 9.17) is 9.47 Å². The molecule has 5 amide bonds. The Morgan fingerprint density at radius 1 is 1.05 bits per heavy atom. The lowest BCUT2D eigenvalue weighted by atomic mass is 10.1. The lowest BCUT2D eigenvalue weighted by Gasteiger charge is -2.26. The molecule has 188 valence electrons. The number of aryl methyl sites for hydroxylation is 1. The first kappa shape index (κ1) is 25.6. The van der Waals surface area contributed by atoms with Crippen LogP contribution in [0.15, 0.2) is 76.8 Å². The van der Waals surface area contributed by atoms with E-state index in [9.17, 15) is 19.2 Å². The molecule has 0 unspecified atom stereocenters. The van der Waals surface area contributed by atoms with Gasteiger partial charge in [-0.15, -0.1) is 0 Å². The number of hydrogen-bond acceptors (Lipinski definition) is 6. The quantitative estimate of drug-likeness (QED) is 0.324. The largest absolute Gasteiger partial charge is 0.497 e. The van der Waals surface area contributed by atoms with Crippen LogP contribution in [0.1, 0.15) is 11.1 Å². The zero-order valence-corrected chi connectivity index (χ0v) is 21.5. The minimum absolute atomic E-state index is 0.214. The van der Waals surface area contributed by atoms with Gasteiger partial charge in [0.05, 0.1) is 17.3 Å². The molecule has 0 aromatic heterocycles. The molecule has 2 N–H and O–H groups in total. The first-order valence-corrected chi connectivity index (χ1v) is 11.9. The van der Waals surface area contributed by atoms with Crippen molar-refractivity contribution >= 4 is 57.1 Å². The summed E-state index contributed by atoms with van der Waals surface area (Å²) in [5.74, 6) is -0.927. The third-order valence-corrected chi connectivity index (χ3v) is 6.10. The Kier molecular flexibility index (Phi) is 7.69. The maximum absolute atomic E-state index is 13.1. The van der Waals surface area contributed by atoms with Crippen LogP contribution in [-0.4, -0.2) is 37.5 Å². The molecule has 4 rings (SSSR count). The van der Waals surface area contributed by atoms with Gasteiger partial charge < -0.3 is 14.8 Å². The second-order valence-corrected chi connectivity index (χ2v) is 8.85. The van der Waals surface area contributed by atoms with Crippen LogP contribution in [-0.2, 0) is 14.4 Å². The number of carbonyl (C=O) groups excluding carboxylic acids is 4. The number of carbonyl (C=O) groups is 4. The van der Waals surface area contributed by atoms with Crippen molar-refractivity contribution in [2.45, 2.75) is 6.92 Å². The molecule has 1 fully saturated rings. The van der Waals surface area contributed by atoms with E-state index in [0.29, 0.717) is 27.2 Å². The van der Waals surface area contributed by atoms with E-state index in [-0.39, 0.29) is 23.8 Å². The van der Waals surface area contributed by atoms with Crippen molar-refractivity contribution in [2.24, 2.45) is 0 Å². The van der Waals surface area contributed by atoms with Crippen molar-refractivity contribution in [3.8, 4) is 11.5 Å². The summed E-state index contributed by atoms with van der Waals surface area (Å²) in [5, 5.41) is 4.98. The summed E-state index contributed by atoms with van der Waals surface area (Å²) >= 11 is 3.39. The van der Waals surface area contributed by atoms with Crippen molar-refractivity contribution in [3.05, 3.63) is 87.9 Å². The van der Waals surface area contributed by atoms with Gasteiger partial charge in [0, 0.05) is 5.69 Å². The van der Waals surface area contributed by atoms with Crippen molar-refractivity contribution in [1.29, 1.82) is 0 Å². The number of methoxy groups -OCH3 is 1. The lowest BCUT2D eigenvalue weighted by molar-refractivity contribution is -0.122. The normalized spacial score (nSPS) is 14.4. The predicted octanol–water partition coefficient (Wildman–Crippen LogP) is 4.45. The van der Waals surface area contributed by atoms with E-state index in [1.165, 1.54) is 13.2 Å². The molecule has 0 aliphatic carbocycles. The fraction of sp³-hybridized carbons (Fsp3) is 0.111. The van der Waals surface area contributed by atoms with Gasteiger partial charge in [-0.25, -0.2) is 9.69 Å². The number of ether oxygens (including phenoxy) is 2. The third kappa shape index (κ3) is 5.87. The first-order chi connectivity index (χ1) is 17.8. The first-order valence-electron chi connectivity index (χ1n) is 11.1. The predicted molar refractivity (Wildman–Crippen MR) is 141 cm³/mol. The molecule has 3 aromatic carbocycles. The Morgan fingerprint density at radius 3 is 2.46 bits per heavy atom. The SMILES string of the molecule is COc1ccc(N2C(=O)NC(=O)/C(=C\c3ccc(OCC(=O)Nc4ccccc4C)c(Br)c3)C2=O)cc1. The fourth-order valence-electron chi connectivity index (χ4n) is 3.56. The van der Waals surface area contributed by atoms with E-state index < -0.39 is 17.8 Å². The Bertz CT molecular complexity index is 1420. The van der Waals surface area contributed by atoms with Crippen LogP contribution in [0.2, 0.25) is 0 Å². The molecule has 1 saturated heterocycles. The highest BCUT2D eigenvalue weighted by Gasteiger charge is 2.36. The molecule has 37 heavy (non-hydrogen) atoms. The van der Waals surface area contributed by atoms with E-state index in [0.717, 1.165) is 10.5 Å². The van der Waals surface area contributed by atoms with Crippen LogP contribution in [0.3, 0.4) is 0 Å². The van der Waals surface area contributed by atoms with Crippen molar-refractivity contribution in [3.63, 3.8) is 0 Å². The van der Waals surface area contributed by atoms with E-state index >= 15 is 0 Å². The van der Waals surface area contributed by atoms with Gasteiger partial charge in [-0.3, -0.25) is 19.7 Å². The average molecular weight is 564 g/mol. The summed E-state index contributed by atoms with van der Waals surface area (Å²) in [4.78, 5) is 51.1. The minimum atomic E-state index is -0.841. The number of nitrogens with one attached hydrogen (secondary N) is 2. The summed E-state index contributed by atoms with van der Waals surface area (Å²) in [6.45, 7) is 1.68. The Balaban J connectivity index is 1.48. The number of urea groups is 1. The second kappa shape index (κ2) is 11.1. The van der Waals surface area contributed by atoms with Crippen molar-refractivity contribution in [2.75, 3.05) is 23.9 Å². The molecule has 0 bridgehead atoms.